The second-order valence-corrected chi connectivity index (χ2v) is 5.30. The standard InChI is InChI=1S/C16H24N2O3/c1-5-21-16(20)18-14-8-6-7-13(12(14)4)17-15(19)10-9-11(2)3/h6-8,11H,5,9-10H2,1-4H3,(H,17,19)(H,18,20). The van der Waals surface area contributed by atoms with Gasteiger partial charge in [0.15, 0.2) is 0 Å². The molecule has 0 radical (unpaired) electrons. The summed E-state index contributed by atoms with van der Waals surface area (Å²) in [5.41, 5.74) is 2.15. The maximum absolute atomic E-state index is 11.9. The lowest BCUT2D eigenvalue weighted by atomic mass is 10.1. The van der Waals surface area contributed by atoms with E-state index in [4.69, 9.17) is 4.74 Å². The number of carbonyl (C=O) groups is 2. The van der Waals surface area contributed by atoms with Crippen LogP contribution in [0.15, 0.2) is 18.2 Å². The van der Waals surface area contributed by atoms with E-state index in [1.54, 1.807) is 19.1 Å². The molecule has 0 saturated heterocycles. The molecule has 1 aromatic carbocycles. The van der Waals surface area contributed by atoms with E-state index in [1.807, 2.05) is 13.0 Å². The van der Waals surface area contributed by atoms with Gasteiger partial charge in [0.1, 0.15) is 0 Å². The number of ether oxygens (including phenoxy) is 1. The van der Waals surface area contributed by atoms with Crippen LogP contribution >= 0.6 is 0 Å². The Morgan fingerprint density at radius 3 is 2.38 bits per heavy atom. The zero-order chi connectivity index (χ0) is 15.8. The maximum atomic E-state index is 11.9. The molecule has 0 saturated carbocycles. The third-order valence-electron chi connectivity index (χ3n) is 3.07. The number of anilines is 2. The van der Waals surface area contributed by atoms with E-state index < -0.39 is 6.09 Å². The summed E-state index contributed by atoms with van der Waals surface area (Å²) in [7, 11) is 0. The Kier molecular flexibility index (Phi) is 6.72. The van der Waals surface area contributed by atoms with Crippen molar-refractivity contribution >= 4 is 23.4 Å². The van der Waals surface area contributed by atoms with E-state index in [0.717, 1.165) is 12.0 Å². The molecular weight excluding hydrogens is 268 g/mol. The number of hydrogen-bond acceptors (Lipinski definition) is 3. The van der Waals surface area contributed by atoms with E-state index in [0.29, 0.717) is 30.3 Å². The van der Waals surface area contributed by atoms with Gasteiger partial charge in [-0.2, -0.15) is 0 Å². The van der Waals surface area contributed by atoms with Crippen LogP contribution in [-0.2, 0) is 9.53 Å². The van der Waals surface area contributed by atoms with Crippen molar-refractivity contribution in [1.82, 2.24) is 0 Å². The van der Waals surface area contributed by atoms with Crippen LogP contribution < -0.4 is 10.6 Å². The Morgan fingerprint density at radius 2 is 1.81 bits per heavy atom. The van der Waals surface area contributed by atoms with Gasteiger partial charge in [0.25, 0.3) is 0 Å². The summed E-state index contributed by atoms with van der Waals surface area (Å²) in [5, 5.41) is 5.54. The summed E-state index contributed by atoms with van der Waals surface area (Å²) in [5.74, 6) is 0.480. The van der Waals surface area contributed by atoms with Crippen LogP contribution in [0.2, 0.25) is 0 Å². The average Bonchev–Trinajstić information content (AvgIpc) is 2.41. The fourth-order valence-electron chi connectivity index (χ4n) is 1.82. The van der Waals surface area contributed by atoms with Crippen LogP contribution in [0.4, 0.5) is 16.2 Å². The topological polar surface area (TPSA) is 67.4 Å². The van der Waals surface area contributed by atoms with Gasteiger partial charge in [-0.05, 0) is 43.9 Å². The molecule has 0 heterocycles. The molecule has 0 aliphatic carbocycles. The van der Waals surface area contributed by atoms with Gasteiger partial charge < -0.3 is 10.1 Å². The van der Waals surface area contributed by atoms with Crippen molar-refractivity contribution in [3.63, 3.8) is 0 Å². The molecule has 5 nitrogen and oxygen atoms in total. The first-order valence-corrected chi connectivity index (χ1v) is 7.27. The first-order valence-electron chi connectivity index (χ1n) is 7.27. The molecule has 1 aromatic rings. The Labute approximate surface area is 126 Å². The van der Waals surface area contributed by atoms with Crippen LogP contribution in [0.1, 0.15) is 39.2 Å². The normalized spacial score (nSPS) is 10.3. The highest BCUT2D eigenvalue weighted by atomic mass is 16.5. The third kappa shape index (κ3) is 5.85. The lowest BCUT2D eigenvalue weighted by Crippen LogP contribution is -2.16. The van der Waals surface area contributed by atoms with Crippen LogP contribution in [0.25, 0.3) is 0 Å². The lowest BCUT2D eigenvalue weighted by molar-refractivity contribution is -0.116. The number of carbonyl (C=O) groups excluding carboxylic acids is 2. The summed E-state index contributed by atoms with van der Waals surface area (Å²) < 4.78 is 4.85. The summed E-state index contributed by atoms with van der Waals surface area (Å²) in [6.07, 6.45) is 0.849. The molecule has 0 bridgehead atoms. The number of nitrogens with one attached hydrogen (secondary N) is 2. The van der Waals surface area contributed by atoms with Gasteiger partial charge in [-0.25, -0.2) is 4.79 Å². The van der Waals surface area contributed by atoms with E-state index in [2.05, 4.69) is 24.5 Å². The smallest absolute Gasteiger partial charge is 0.411 e. The van der Waals surface area contributed by atoms with Crippen molar-refractivity contribution in [2.45, 2.75) is 40.5 Å². The molecule has 0 spiro atoms. The van der Waals surface area contributed by atoms with Crippen LogP contribution in [0, 0.1) is 12.8 Å². The summed E-state index contributed by atoms with van der Waals surface area (Å²) >= 11 is 0. The largest absolute Gasteiger partial charge is 0.450 e. The molecule has 1 rings (SSSR count). The van der Waals surface area contributed by atoms with Gasteiger partial charge in [-0.15, -0.1) is 0 Å². The molecule has 21 heavy (non-hydrogen) atoms. The molecule has 0 atom stereocenters. The maximum Gasteiger partial charge on any atom is 0.411 e. The summed E-state index contributed by atoms with van der Waals surface area (Å²) in [6, 6.07) is 5.38. The number of benzene rings is 1. The van der Waals surface area contributed by atoms with Gasteiger partial charge in [0, 0.05) is 17.8 Å². The minimum Gasteiger partial charge on any atom is -0.450 e. The number of rotatable bonds is 6. The van der Waals surface area contributed by atoms with Crippen LogP contribution in [0.5, 0.6) is 0 Å². The lowest BCUT2D eigenvalue weighted by Gasteiger charge is -2.13. The number of amides is 2. The van der Waals surface area contributed by atoms with Gasteiger partial charge in [0.2, 0.25) is 5.91 Å². The molecule has 0 aliphatic rings. The first kappa shape index (κ1) is 17.0. The fraction of sp³-hybridized carbons (Fsp3) is 0.500. The summed E-state index contributed by atoms with van der Waals surface area (Å²) in [4.78, 5) is 23.3. The summed E-state index contributed by atoms with van der Waals surface area (Å²) in [6.45, 7) is 8.08. The molecule has 0 unspecified atom stereocenters. The minimum atomic E-state index is -0.496. The monoisotopic (exact) mass is 292 g/mol. The van der Waals surface area contributed by atoms with Crippen molar-refractivity contribution in [3.8, 4) is 0 Å². The van der Waals surface area contributed by atoms with Gasteiger partial charge in [-0.1, -0.05) is 19.9 Å². The second-order valence-electron chi connectivity index (χ2n) is 5.30. The Balaban J connectivity index is 2.71. The highest BCUT2D eigenvalue weighted by Crippen LogP contribution is 2.23. The average molecular weight is 292 g/mol. The Hall–Kier alpha value is -2.04. The van der Waals surface area contributed by atoms with Crippen LogP contribution in [-0.4, -0.2) is 18.6 Å². The molecule has 0 fully saturated rings. The minimum absolute atomic E-state index is 0.0138. The van der Waals surface area contributed by atoms with Gasteiger partial charge >= 0.3 is 6.09 Å². The molecular formula is C16H24N2O3. The highest BCUT2D eigenvalue weighted by Gasteiger charge is 2.10. The van der Waals surface area contributed by atoms with Crippen molar-refractivity contribution in [1.29, 1.82) is 0 Å². The highest BCUT2D eigenvalue weighted by molar-refractivity contribution is 5.94. The third-order valence-corrected chi connectivity index (χ3v) is 3.07. The van der Waals surface area contributed by atoms with E-state index in [1.165, 1.54) is 0 Å². The van der Waals surface area contributed by atoms with E-state index in [9.17, 15) is 9.59 Å². The SMILES string of the molecule is CCOC(=O)Nc1cccc(NC(=O)CCC(C)C)c1C. The van der Waals surface area contributed by atoms with Crippen molar-refractivity contribution < 1.29 is 14.3 Å². The van der Waals surface area contributed by atoms with Crippen molar-refractivity contribution in [2.24, 2.45) is 5.92 Å². The zero-order valence-electron chi connectivity index (χ0n) is 13.2. The molecule has 5 heteroatoms. The number of hydrogen-bond donors (Lipinski definition) is 2. The molecule has 0 aliphatic heterocycles. The predicted molar refractivity (Wildman–Crippen MR) is 84.5 cm³/mol. The second kappa shape index (κ2) is 8.29. The quantitative estimate of drug-likeness (QED) is 0.834. The first-order chi connectivity index (χ1) is 9.93. The molecule has 116 valence electrons. The van der Waals surface area contributed by atoms with E-state index >= 15 is 0 Å². The Bertz CT molecular complexity index is 498. The molecule has 2 amide bonds. The predicted octanol–water partition coefficient (Wildman–Crippen LogP) is 3.94. The molecule has 0 aromatic heterocycles. The van der Waals surface area contributed by atoms with E-state index in [-0.39, 0.29) is 5.91 Å². The van der Waals surface area contributed by atoms with Crippen molar-refractivity contribution in [3.05, 3.63) is 23.8 Å². The van der Waals surface area contributed by atoms with Crippen LogP contribution in [0.3, 0.4) is 0 Å². The van der Waals surface area contributed by atoms with Gasteiger partial charge in [0.05, 0.1) is 6.61 Å². The zero-order valence-corrected chi connectivity index (χ0v) is 13.2. The Morgan fingerprint density at radius 1 is 1.19 bits per heavy atom. The fourth-order valence-corrected chi connectivity index (χ4v) is 1.82. The molecule has 2 N–H and O–H groups in total. The van der Waals surface area contributed by atoms with Crippen molar-refractivity contribution in [2.75, 3.05) is 17.2 Å². The van der Waals surface area contributed by atoms with Gasteiger partial charge in [-0.3, -0.25) is 10.1 Å².